The van der Waals surface area contributed by atoms with Crippen molar-refractivity contribution in [2.24, 2.45) is 0 Å². The van der Waals surface area contributed by atoms with Crippen molar-refractivity contribution >= 4 is 29.0 Å². The molecule has 0 atom stereocenters. The zero-order chi connectivity index (χ0) is 23.8. The van der Waals surface area contributed by atoms with Gasteiger partial charge in [-0.2, -0.15) is 33.7 Å². The monoisotopic (exact) mass is 474 g/mol. The molecule has 166 valence electrons. The van der Waals surface area contributed by atoms with E-state index in [-0.39, 0.29) is 33.6 Å². The average Bonchev–Trinajstić information content (AvgIpc) is 3.45. The zero-order valence-electron chi connectivity index (χ0n) is 16.1. The van der Waals surface area contributed by atoms with Crippen LogP contribution in [0.15, 0.2) is 43.1 Å². The highest BCUT2D eigenvalue weighted by Crippen LogP contribution is 2.35. The molecule has 0 aliphatic rings. The first-order valence-electron chi connectivity index (χ1n) is 8.84. The predicted molar refractivity (Wildman–Crippen MR) is 108 cm³/mol. The molecule has 15 heteroatoms. The van der Waals surface area contributed by atoms with Crippen LogP contribution in [0.2, 0.25) is 5.02 Å². The number of alkyl halides is 3. The first-order chi connectivity index (χ1) is 15.7. The van der Waals surface area contributed by atoms with E-state index in [1.165, 1.54) is 18.5 Å². The highest BCUT2D eigenvalue weighted by atomic mass is 35.5. The number of hydrogen-bond donors (Lipinski definition) is 2. The van der Waals surface area contributed by atoms with Gasteiger partial charge < -0.3 is 11.1 Å². The zero-order valence-corrected chi connectivity index (χ0v) is 16.9. The lowest BCUT2D eigenvalue weighted by atomic mass is 10.2. The molecular formula is C18H10ClF3N10O. The van der Waals surface area contributed by atoms with Gasteiger partial charge in [0.1, 0.15) is 17.5 Å². The van der Waals surface area contributed by atoms with Gasteiger partial charge in [-0.3, -0.25) is 4.79 Å². The van der Waals surface area contributed by atoms with Crippen LogP contribution in [0.25, 0.3) is 11.5 Å². The summed E-state index contributed by atoms with van der Waals surface area (Å²) in [7, 11) is 0. The van der Waals surface area contributed by atoms with E-state index < -0.39 is 23.3 Å². The molecule has 0 aliphatic carbocycles. The summed E-state index contributed by atoms with van der Waals surface area (Å²) in [6.45, 7) is 0. The topological polar surface area (TPSA) is 153 Å². The van der Waals surface area contributed by atoms with Gasteiger partial charge in [0.15, 0.2) is 11.5 Å². The number of carbonyl (C=O) groups excluding carboxylic acids is 1. The lowest BCUT2D eigenvalue weighted by Crippen LogP contribution is -2.21. The molecule has 4 aromatic rings. The molecule has 0 radical (unpaired) electrons. The van der Waals surface area contributed by atoms with E-state index in [0.29, 0.717) is 4.68 Å². The van der Waals surface area contributed by atoms with Gasteiger partial charge in [0.05, 0.1) is 52.9 Å². The van der Waals surface area contributed by atoms with Gasteiger partial charge in [-0.05, 0) is 6.07 Å². The first-order valence-corrected chi connectivity index (χ1v) is 9.21. The van der Waals surface area contributed by atoms with Gasteiger partial charge >= 0.3 is 6.18 Å². The summed E-state index contributed by atoms with van der Waals surface area (Å²) in [6.07, 6.45) is 0.728. The average molecular weight is 475 g/mol. The number of pyridine rings is 2. The maximum Gasteiger partial charge on any atom is 0.434 e. The Hall–Kier alpha value is -4.51. The fraction of sp³-hybridized carbons (Fsp3) is 0.0556. The fourth-order valence-electron chi connectivity index (χ4n) is 2.87. The third-order valence-corrected chi connectivity index (χ3v) is 4.51. The number of rotatable bonds is 4. The summed E-state index contributed by atoms with van der Waals surface area (Å²) in [5, 5.41) is 22.9. The first kappa shape index (κ1) is 21.7. The SMILES string of the molecule is N#Cc1cc(NC(=O)c2cnn(-c3cc(N)ncc3Cl)c2C(F)(F)F)cnc1-n1nccn1. The molecule has 0 saturated carbocycles. The van der Waals surface area contributed by atoms with E-state index in [1.807, 2.05) is 6.07 Å². The number of amides is 1. The molecule has 4 aromatic heterocycles. The molecule has 0 spiro atoms. The van der Waals surface area contributed by atoms with Crippen molar-refractivity contribution in [3.05, 3.63) is 65.0 Å². The fourth-order valence-corrected chi connectivity index (χ4v) is 3.05. The van der Waals surface area contributed by atoms with Crippen LogP contribution in [0.5, 0.6) is 0 Å². The molecule has 1 amide bonds. The second-order valence-corrected chi connectivity index (χ2v) is 6.76. The number of nitrogen functional groups attached to an aromatic ring is 1. The molecule has 3 N–H and O–H groups in total. The highest BCUT2D eigenvalue weighted by Gasteiger charge is 2.41. The Morgan fingerprint density at radius 2 is 1.85 bits per heavy atom. The second-order valence-electron chi connectivity index (χ2n) is 6.36. The number of carbonyl (C=O) groups is 1. The molecule has 33 heavy (non-hydrogen) atoms. The summed E-state index contributed by atoms with van der Waals surface area (Å²) in [5.41, 5.74) is 3.13. The minimum absolute atomic E-state index is 0.0187. The van der Waals surface area contributed by atoms with Crippen molar-refractivity contribution in [3.8, 4) is 17.6 Å². The molecule has 4 rings (SSSR count). The summed E-state index contributed by atoms with van der Waals surface area (Å²) in [4.78, 5) is 21.5. The van der Waals surface area contributed by atoms with Crippen LogP contribution in [-0.4, -0.2) is 40.6 Å². The molecule has 0 unspecified atom stereocenters. The van der Waals surface area contributed by atoms with E-state index in [4.69, 9.17) is 17.3 Å². The van der Waals surface area contributed by atoms with E-state index in [1.54, 1.807) is 0 Å². The Morgan fingerprint density at radius 1 is 1.12 bits per heavy atom. The van der Waals surface area contributed by atoms with Crippen molar-refractivity contribution in [1.29, 1.82) is 5.26 Å². The molecule has 0 bridgehead atoms. The van der Waals surface area contributed by atoms with Crippen molar-refractivity contribution in [3.63, 3.8) is 0 Å². The van der Waals surface area contributed by atoms with E-state index >= 15 is 0 Å². The minimum atomic E-state index is -4.98. The third-order valence-electron chi connectivity index (χ3n) is 4.22. The molecule has 0 aliphatic heterocycles. The number of hydrogen-bond acceptors (Lipinski definition) is 8. The second kappa shape index (κ2) is 8.20. The molecule has 0 saturated heterocycles. The number of aromatic nitrogens is 7. The van der Waals surface area contributed by atoms with Crippen molar-refractivity contribution in [2.75, 3.05) is 11.1 Å². The standard InChI is InChI=1S/C18H10ClF3N10O/c19-12-8-25-14(24)4-13(12)31-15(18(20,21)22)11(7-29-31)17(33)30-10-3-9(5-23)16(26-6-10)32-27-1-2-28-32/h1-4,6-8H,(H2,24,25)(H,30,33). The predicted octanol–water partition coefficient (Wildman–Crippen LogP) is 2.62. The van der Waals surface area contributed by atoms with Gasteiger partial charge in [0, 0.05) is 6.07 Å². The third kappa shape index (κ3) is 4.16. The number of halogens is 4. The summed E-state index contributed by atoms with van der Waals surface area (Å²) in [6, 6.07) is 4.19. The number of anilines is 2. The summed E-state index contributed by atoms with van der Waals surface area (Å²) >= 11 is 5.96. The normalized spacial score (nSPS) is 11.2. The molecule has 4 heterocycles. The van der Waals surface area contributed by atoms with Crippen LogP contribution in [0.1, 0.15) is 21.6 Å². The molecule has 0 aromatic carbocycles. The Balaban J connectivity index is 1.72. The van der Waals surface area contributed by atoms with E-state index in [2.05, 4.69) is 30.6 Å². The van der Waals surface area contributed by atoms with Gasteiger partial charge in [-0.1, -0.05) is 11.6 Å². The molecule has 11 nitrogen and oxygen atoms in total. The van der Waals surface area contributed by atoms with Gasteiger partial charge in [0.25, 0.3) is 5.91 Å². The Morgan fingerprint density at radius 3 is 2.52 bits per heavy atom. The minimum Gasteiger partial charge on any atom is -0.384 e. The summed E-state index contributed by atoms with van der Waals surface area (Å²) < 4.78 is 42.1. The number of nitrogens with two attached hydrogens (primary N) is 1. The van der Waals surface area contributed by atoms with Gasteiger partial charge in [0.2, 0.25) is 0 Å². The van der Waals surface area contributed by atoms with Crippen LogP contribution in [0.3, 0.4) is 0 Å². The van der Waals surface area contributed by atoms with Gasteiger partial charge in [-0.15, -0.1) is 4.80 Å². The van der Waals surface area contributed by atoms with Crippen LogP contribution in [0.4, 0.5) is 24.7 Å². The highest BCUT2D eigenvalue weighted by molar-refractivity contribution is 6.32. The Bertz CT molecular complexity index is 1390. The van der Waals surface area contributed by atoms with Crippen LogP contribution < -0.4 is 11.1 Å². The van der Waals surface area contributed by atoms with Crippen molar-refractivity contribution in [2.45, 2.75) is 6.18 Å². The summed E-state index contributed by atoms with van der Waals surface area (Å²) in [5.74, 6) is -1.15. The van der Waals surface area contributed by atoms with Gasteiger partial charge in [-0.25, -0.2) is 14.6 Å². The maximum atomic E-state index is 13.9. The Kier molecular flexibility index (Phi) is 5.40. The van der Waals surface area contributed by atoms with E-state index in [9.17, 15) is 23.2 Å². The van der Waals surface area contributed by atoms with Crippen LogP contribution >= 0.6 is 11.6 Å². The Labute approximate surface area is 187 Å². The quantitative estimate of drug-likeness (QED) is 0.457. The molecular weight excluding hydrogens is 465 g/mol. The lowest BCUT2D eigenvalue weighted by Gasteiger charge is -2.14. The molecule has 0 fully saturated rings. The lowest BCUT2D eigenvalue weighted by molar-refractivity contribution is -0.143. The van der Waals surface area contributed by atoms with Crippen molar-refractivity contribution in [1.82, 2.24) is 34.7 Å². The van der Waals surface area contributed by atoms with Crippen LogP contribution in [0, 0.1) is 11.3 Å². The van der Waals surface area contributed by atoms with Crippen molar-refractivity contribution < 1.29 is 18.0 Å². The number of nitrogens with zero attached hydrogens (tertiary/aromatic N) is 8. The smallest absolute Gasteiger partial charge is 0.384 e. The van der Waals surface area contributed by atoms with Crippen LogP contribution in [-0.2, 0) is 6.18 Å². The maximum absolute atomic E-state index is 13.9. The number of nitriles is 1. The van der Waals surface area contributed by atoms with E-state index in [0.717, 1.165) is 29.5 Å². The largest absolute Gasteiger partial charge is 0.434 e. The number of nitrogens with one attached hydrogen (secondary N) is 1.